The molecule has 0 aliphatic rings. The summed E-state index contributed by atoms with van der Waals surface area (Å²) in [7, 11) is -3.48. The molecule has 0 radical (unpaired) electrons. The molecule has 0 aliphatic heterocycles. The smallest absolute Gasteiger partial charge is 0.240 e. The number of hydrogen-bond donors (Lipinski definition) is 2. The first-order valence-corrected chi connectivity index (χ1v) is 8.08. The summed E-state index contributed by atoms with van der Waals surface area (Å²) in [6.45, 7) is 4.47. The van der Waals surface area contributed by atoms with E-state index in [-0.39, 0.29) is 11.4 Å². The number of nitrogens with zero attached hydrogens (tertiary/aromatic N) is 1. The zero-order chi connectivity index (χ0) is 14.6. The largest absolute Gasteiger partial charge is 0.285 e. The fourth-order valence-electron chi connectivity index (χ4n) is 1.85. The molecular weight excluding hydrogens is 274 g/mol. The monoisotopic (exact) mass is 293 g/mol. The average molecular weight is 293 g/mol. The maximum absolute atomic E-state index is 12.1. The van der Waals surface area contributed by atoms with Crippen LogP contribution >= 0.6 is 0 Å². The van der Waals surface area contributed by atoms with Crippen LogP contribution in [-0.2, 0) is 16.6 Å². The highest BCUT2D eigenvalue weighted by atomic mass is 32.2. The number of H-pyrrole nitrogens is 1. The molecule has 6 heteroatoms. The summed E-state index contributed by atoms with van der Waals surface area (Å²) in [4.78, 5) is 0.285. The number of rotatable bonds is 6. The van der Waals surface area contributed by atoms with Gasteiger partial charge in [0.15, 0.2) is 0 Å². The Bertz CT molecular complexity index is 634. The third-order valence-electron chi connectivity index (χ3n) is 3.39. The molecule has 5 nitrogen and oxygen atoms in total. The molecule has 1 unspecified atom stereocenters. The van der Waals surface area contributed by atoms with Crippen LogP contribution in [0, 0.1) is 0 Å². The SMILES string of the molecule is CCC(C)c1ccc(S(=O)(=O)NCc2cn[nH]c2)cc1. The molecule has 0 saturated carbocycles. The maximum Gasteiger partial charge on any atom is 0.240 e. The fraction of sp³-hybridized carbons (Fsp3) is 0.357. The Morgan fingerprint density at radius 1 is 1.30 bits per heavy atom. The first-order valence-electron chi connectivity index (χ1n) is 6.60. The van der Waals surface area contributed by atoms with Crippen molar-refractivity contribution < 1.29 is 8.42 Å². The molecule has 0 spiro atoms. The lowest BCUT2D eigenvalue weighted by atomic mass is 9.99. The van der Waals surface area contributed by atoms with E-state index in [1.165, 1.54) is 0 Å². The van der Waals surface area contributed by atoms with E-state index in [0.717, 1.165) is 17.5 Å². The molecule has 0 bridgehead atoms. The number of aromatic amines is 1. The Labute approximate surface area is 119 Å². The highest BCUT2D eigenvalue weighted by Gasteiger charge is 2.14. The third-order valence-corrected chi connectivity index (χ3v) is 4.81. The molecular formula is C14H19N3O2S. The number of aromatic nitrogens is 2. The molecule has 0 aliphatic carbocycles. The number of nitrogens with one attached hydrogen (secondary N) is 2. The minimum absolute atomic E-state index is 0.228. The van der Waals surface area contributed by atoms with E-state index in [0.29, 0.717) is 5.92 Å². The lowest BCUT2D eigenvalue weighted by molar-refractivity contribution is 0.581. The molecule has 108 valence electrons. The molecule has 1 aromatic carbocycles. The number of hydrogen-bond acceptors (Lipinski definition) is 3. The zero-order valence-corrected chi connectivity index (χ0v) is 12.4. The number of benzene rings is 1. The Kier molecular flexibility index (Phi) is 4.57. The highest BCUT2D eigenvalue weighted by Crippen LogP contribution is 2.20. The lowest BCUT2D eigenvalue weighted by Crippen LogP contribution is -2.23. The van der Waals surface area contributed by atoms with Crippen LogP contribution in [0.3, 0.4) is 0 Å². The summed E-state index contributed by atoms with van der Waals surface area (Å²) in [5, 5.41) is 6.42. The molecule has 0 fully saturated rings. The van der Waals surface area contributed by atoms with E-state index in [1.807, 2.05) is 12.1 Å². The molecule has 0 saturated heterocycles. The Hall–Kier alpha value is -1.66. The quantitative estimate of drug-likeness (QED) is 0.858. The van der Waals surface area contributed by atoms with Gasteiger partial charge >= 0.3 is 0 Å². The van der Waals surface area contributed by atoms with Gasteiger partial charge in [0.2, 0.25) is 10.0 Å². The van der Waals surface area contributed by atoms with E-state index in [9.17, 15) is 8.42 Å². The number of sulfonamides is 1. The predicted molar refractivity (Wildman–Crippen MR) is 77.8 cm³/mol. The summed E-state index contributed by atoms with van der Waals surface area (Å²) < 4.78 is 26.8. The van der Waals surface area contributed by atoms with Gasteiger partial charge in [-0.1, -0.05) is 26.0 Å². The standard InChI is InChI=1S/C14H19N3O2S/c1-3-11(2)13-4-6-14(7-5-13)20(18,19)17-10-12-8-15-16-9-12/h4-9,11,17H,3,10H2,1-2H3,(H,15,16). The molecule has 1 aromatic heterocycles. The minimum atomic E-state index is -3.48. The molecule has 2 N–H and O–H groups in total. The van der Waals surface area contributed by atoms with Crippen LogP contribution in [-0.4, -0.2) is 18.6 Å². The second-order valence-electron chi connectivity index (χ2n) is 4.81. The second kappa shape index (κ2) is 6.19. The van der Waals surface area contributed by atoms with Gasteiger partial charge in [-0.15, -0.1) is 0 Å². The van der Waals surface area contributed by atoms with Gasteiger partial charge in [0, 0.05) is 18.3 Å². The van der Waals surface area contributed by atoms with Crippen molar-refractivity contribution in [1.29, 1.82) is 0 Å². The van der Waals surface area contributed by atoms with Crippen molar-refractivity contribution in [3.8, 4) is 0 Å². The van der Waals surface area contributed by atoms with Crippen LogP contribution < -0.4 is 4.72 Å². The van der Waals surface area contributed by atoms with Gasteiger partial charge in [-0.25, -0.2) is 13.1 Å². The Morgan fingerprint density at radius 3 is 2.55 bits per heavy atom. The van der Waals surface area contributed by atoms with Gasteiger partial charge in [-0.3, -0.25) is 5.10 Å². The summed E-state index contributed by atoms with van der Waals surface area (Å²) in [5.74, 6) is 0.436. The molecule has 1 atom stereocenters. The Balaban J connectivity index is 2.09. The van der Waals surface area contributed by atoms with Crippen LogP contribution in [0.5, 0.6) is 0 Å². The van der Waals surface area contributed by atoms with Gasteiger partial charge in [-0.2, -0.15) is 5.10 Å². The third kappa shape index (κ3) is 3.46. The van der Waals surface area contributed by atoms with E-state index in [4.69, 9.17) is 0 Å². The van der Waals surface area contributed by atoms with Crippen molar-refractivity contribution in [3.05, 3.63) is 47.8 Å². The van der Waals surface area contributed by atoms with Crippen molar-refractivity contribution in [1.82, 2.24) is 14.9 Å². The summed E-state index contributed by atoms with van der Waals surface area (Å²) in [6.07, 6.45) is 4.29. The van der Waals surface area contributed by atoms with Crippen LogP contribution in [0.1, 0.15) is 37.3 Å². The first kappa shape index (κ1) is 14.7. The van der Waals surface area contributed by atoms with Crippen LogP contribution in [0.4, 0.5) is 0 Å². The normalized spacial score (nSPS) is 13.3. The van der Waals surface area contributed by atoms with Gasteiger partial charge in [-0.05, 0) is 30.0 Å². The molecule has 20 heavy (non-hydrogen) atoms. The maximum atomic E-state index is 12.1. The molecule has 0 amide bonds. The van der Waals surface area contributed by atoms with E-state index in [1.54, 1.807) is 24.5 Å². The topological polar surface area (TPSA) is 74.8 Å². The average Bonchev–Trinajstić information content (AvgIpc) is 2.98. The van der Waals surface area contributed by atoms with Crippen molar-refractivity contribution >= 4 is 10.0 Å². The second-order valence-corrected chi connectivity index (χ2v) is 6.58. The van der Waals surface area contributed by atoms with Crippen molar-refractivity contribution in [2.24, 2.45) is 0 Å². The highest BCUT2D eigenvalue weighted by molar-refractivity contribution is 7.89. The minimum Gasteiger partial charge on any atom is -0.285 e. The van der Waals surface area contributed by atoms with E-state index >= 15 is 0 Å². The van der Waals surface area contributed by atoms with E-state index < -0.39 is 10.0 Å². The van der Waals surface area contributed by atoms with Gasteiger partial charge in [0.05, 0.1) is 11.1 Å². The predicted octanol–water partition coefficient (Wildman–Crippen LogP) is 2.40. The Morgan fingerprint density at radius 2 is 2.00 bits per heavy atom. The van der Waals surface area contributed by atoms with Gasteiger partial charge in [0.25, 0.3) is 0 Å². The fourth-order valence-corrected chi connectivity index (χ4v) is 2.86. The molecule has 1 heterocycles. The van der Waals surface area contributed by atoms with Crippen LogP contribution in [0.15, 0.2) is 41.6 Å². The van der Waals surface area contributed by atoms with Crippen molar-refractivity contribution in [3.63, 3.8) is 0 Å². The van der Waals surface area contributed by atoms with Crippen LogP contribution in [0.25, 0.3) is 0 Å². The zero-order valence-electron chi connectivity index (χ0n) is 11.6. The summed E-state index contributed by atoms with van der Waals surface area (Å²) >= 11 is 0. The van der Waals surface area contributed by atoms with Crippen molar-refractivity contribution in [2.75, 3.05) is 0 Å². The van der Waals surface area contributed by atoms with Crippen molar-refractivity contribution in [2.45, 2.75) is 37.6 Å². The molecule has 2 rings (SSSR count). The summed E-state index contributed by atoms with van der Waals surface area (Å²) in [5.41, 5.74) is 1.95. The van der Waals surface area contributed by atoms with Gasteiger partial charge < -0.3 is 0 Å². The first-order chi connectivity index (χ1) is 9.53. The van der Waals surface area contributed by atoms with E-state index in [2.05, 4.69) is 28.8 Å². The van der Waals surface area contributed by atoms with Gasteiger partial charge in [0.1, 0.15) is 0 Å². The summed E-state index contributed by atoms with van der Waals surface area (Å²) in [6, 6.07) is 7.06. The molecule has 2 aromatic rings. The van der Waals surface area contributed by atoms with Crippen LogP contribution in [0.2, 0.25) is 0 Å². The lowest BCUT2D eigenvalue weighted by Gasteiger charge is -2.10.